The number of furan rings is 1. The second kappa shape index (κ2) is 6.31. The molecule has 2 N–H and O–H groups in total. The van der Waals surface area contributed by atoms with Crippen molar-refractivity contribution in [1.29, 1.82) is 0 Å². The summed E-state index contributed by atoms with van der Waals surface area (Å²) < 4.78 is 5.28. The van der Waals surface area contributed by atoms with Gasteiger partial charge in [0.1, 0.15) is 12.2 Å². The molecule has 0 atom stereocenters. The number of H-pyrrole nitrogens is 1. The van der Waals surface area contributed by atoms with Gasteiger partial charge in [-0.1, -0.05) is 0 Å². The number of nitrogens with one attached hydrogen (secondary N) is 2. The summed E-state index contributed by atoms with van der Waals surface area (Å²) in [6.45, 7) is 0.517. The van der Waals surface area contributed by atoms with Crippen LogP contribution in [-0.4, -0.2) is 32.6 Å². The lowest BCUT2D eigenvalue weighted by Gasteiger charge is -2.01. The largest absolute Gasteiger partial charge is 0.462 e. The molecule has 7 nitrogen and oxygen atoms in total. The number of carbonyl (C=O) groups is 1. The molecule has 3 rings (SSSR count). The highest BCUT2D eigenvalue weighted by molar-refractivity contribution is 7.13. The fourth-order valence-corrected chi connectivity index (χ4v) is 2.59. The van der Waals surface area contributed by atoms with Crippen molar-refractivity contribution in [2.24, 2.45) is 0 Å². The first kappa shape index (κ1) is 13.5. The second-order valence-corrected chi connectivity index (χ2v) is 5.19. The van der Waals surface area contributed by atoms with Crippen LogP contribution in [0.3, 0.4) is 0 Å². The van der Waals surface area contributed by atoms with Gasteiger partial charge in [-0.25, -0.2) is 9.97 Å². The summed E-state index contributed by atoms with van der Waals surface area (Å²) in [5, 5.41) is 12.0. The molecule has 0 aliphatic heterocycles. The van der Waals surface area contributed by atoms with Gasteiger partial charge in [-0.15, -0.1) is 11.3 Å². The zero-order chi connectivity index (χ0) is 14.5. The van der Waals surface area contributed by atoms with Crippen LogP contribution in [0.1, 0.15) is 11.5 Å². The smallest absolute Gasteiger partial charge is 0.226 e. The molecule has 8 heteroatoms. The lowest BCUT2D eigenvalue weighted by molar-refractivity contribution is -0.120. The molecule has 0 radical (unpaired) electrons. The summed E-state index contributed by atoms with van der Waals surface area (Å²) in [6, 6.07) is 3.66. The van der Waals surface area contributed by atoms with E-state index in [1.54, 1.807) is 6.26 Å². The molecule has 0 spiro atoms. The van der Waals surface area contributed by atoms with Gasteiger partial charge in [0.2, 0.25) is 5.91 Å². The summed E-state index contributed by atoms with van der Waals surface area (Å²) in [7, 11) is 0. The fraction of sp³-hybridized carbons (Fsp3) is 0.231. The van der Waals surface area contributed by atoms with Crippen LogP contribution in [0.4, 0.5) is 0 Å². The van der Waals surface area contributed by atoms with Crippen molar-refractivity contribution in [3.05, 3.63) is 41.6 Å². The molecular weight excluding hydrogens is 290 g/mol. The number of amides is 1. The van der Waals surface area contributed by atoms with E-state index in [9.17, 15) is 4.79 Å². The van der Waals surface area contributed by atoms with Gasteiger partial charge in [-0.3, -0.25) is 9.89 Å². The summed E-state index contributed by atoms with van der Waals surface area (Å²) in [5.74, 6) is 1.41. The lowest BCUT2D eigenvalue weighted by Crippen LogP contribution is -2.27. The Morgan fingerprint density at radius 1 is 1.48 bits per heavy atom. The molecule has 0 aliphatic rings. The van der Waals surface area contributed by atoms with Crippen molar-refractivity contribution in [1.82, 2.24) is 25.5 Å². The SMILES string of the molecule is O=C(Cc1csc(-c2ccco2)n1)NCCc1ncn[nH]1. The highest BCUT2D eigenvalue weighted by Gasteiger charge is 2.10. The van der Waals surface area contributed by atoms with Crippen LogP contribution >= 0.6 is 11.3 Å². The van der Waals surface area contributed by atoms with Crippen LogP contribution in [0.2, 0.25) is 0 Å². The third-order valence-corrected chi connectivity index (χ3v) is 3.68. The Morgan fingerprint density at radius 3 is 3.19 bits per heavy atom. The number of hydrogen-bond donors (Lipinski definition) is 2. The first-order chi connectivity index (χ1) is 10.3. The number of thiazole rings is 1. The van der Waals surface area contributed by atoms with E-state index in [2.05, 4.69) is 25.5 Å². The number of nitrogens with zero attached hydrogens (tertiary/aromatic N) is 3. The second-order valence-electron chi connectivity index (χ2n) is 4.33. The van der Waals surface area contributed by atoms with Crippen molar-refractivity contribution in [2.45, 2.75) is 12.8 Å². The highest BCUT2D eigenvalue weighted by Crippen LogP contribution is 2.23. The van der Waals surface area contributed by atoms with Gasteiger partial charge in [-0.2, -0.15) is 5.10 Å². The Bertz CT molecular complexity index is 690. The molecule has 3 aromatic heterocycles. The lowest BCUT2D eigenvalue weighted by atomic mass is 10.3. The van der Waals surface area contributed by atoms with E-state index < -0.39 is 0 Å². The summed E-state index contributed by atoms with van der Waals surface area (Å²) in [4.78, 5) is 20.2. The number of carbonyl (C=O) groups excluding carboxylic acids is 1. The minimum Gasteiger partial charge on any atom is -0.462 e. The van der Waals surface area contributed by atoms with Gasteiger partial charge < -0.3 is 9.73 Å². The maximum Gasteiger partial charge on any atom is 0.226 e. The predicted octanol–water partition coefficient (Wildman–Crippen LogP) is 1.42. The first-order valence-corrected chi connectivity index (χ1v) is 7.28. The third-order valence-electron chi connectivity index (χ3n) is 2.77. The van der Waals surface area contributed by atoms with Crippen LogP contribution < -0.4 is 5.32 Å². The molecular formula is C13H13N5O2S. The van der Waals surface area contributed by atoms with Crippen molar-refractivity contribution in [3.63, 3.8) is 0 Å². The van der Waals surface area contributed by atoms with Crippen molar-refractivity contribution >= 4 is 17.2 Å². The quantitative estimate of drug-likeness (QED) is 0.718. The number of rotatable bonds is 6. The van der Waals surface area contributed by atoms with Gasteiger partial charge in [0, 0.05) is 18.3 Å². The average molecular weight is 303 g/mol. The molecule has 21 heavy (non-hydrogen) atoms. The van der Waals surface area contributed by atoms with Crippen LogP contribution in [-0.2, 0) is 17.6 Å². The average Bonchev–Trinajstić information content (AvgIpc) is 3.21. The maximum atomic E-state index is 11.8. The molecule has 0 aromatic carbocycles. The molecule has 0 saturated carbocycles. The number of hydrogen-bond acceptors (Lipinski definition) is 6. The fourth-order valence-electron chi connectivity index (χ4n) is 1.80. The molecule has 0 aliphatic carbocycles. The molecule has 1 amide bonds. The van der Waals surface area contributed by atoms with Gasteiger partial charge in [-0.05, 0) is 12.1 Å². The molecule has 3 aromatic rings. The Balaban J connectivity index is 1.48. The first-order valence-electron chi connectivity index (χ1n) is 6.40. The molecule has 0 unspecified atom stereocenters. The van der Waals surface area contributed by atoms with Crippen molar-refractivity contribution in [3.8, 4) is 10.8 Å². The minimum absolute atomic E-state index is 0.0641. The Labute approximate surface area is 124 Å². The summed E-state index contributed by atoms with van der Waals surface area (Å²) in [6.07, 6.45) is 3.93. The molecule has 0 saturated heterocycles. The van der Waals surface area contributed by atoms with Crippen LogP contribution in [0.15, 0.2) is 34.5 Å². The zero-order valence-electron chi connectivity index (χ0n) is 11.1. The van der Waals surface area contributed by atoms with E-state index >= 15 is 0 Å². The van der Waals surface area contributed by atoms with Crippen LogP contribution in [0, 0.1) is 0 Å². The Hall–Kier alpha value is -2.48. The monoisotopic (exact) mass is 303 g/mol. The van der Waals surface area contributed by atoms with E-state index in [0.29, 0.717) is 13.0 Å². The van der Waals surface area contributed by atoms with Crippen molar-refractivity contribution in [2.75, 3.05) is 6.54 Å². The molecule has 0 fully saturated rings. The molecule has 0 bridgehead atoms. The molecule has 108 valence electrons. The van der Waals surface area contributed by atoms with Crippen molar-refractivity contribution < 1.29 is 9.21 Å². The summed E-state index contributed by atoms with van der Waals surface area (Å²) >= 11 is 1.46. The summed E-state index contributed by atoms with van der Waals surface area (Å²) in [5.41, 5.74) is 0.739. The van der Waals surface area contributed by atoms with Gasteiger partial charge in [0.15, 0.2) is 10.8 Å². The van der Waals surface area contributed by atoms with Gasteiger partial charge in [0.25, 0.3) is 0 Å². The van der Waals surface area contributed by atoms with Crippen LogP contribution in [0.5, 0.6) is 0 Å². The topological polar surface area (TPSA) is 96.7 Å². The standard InChI is InChI=1S/C13H13N5O2S/c19-12(14-4-3-11-15-8-16-18-11)6-9-7-21-13(17-9)10-2-1-5-20-10/h1-2,5,7-8H,3-4,6H2,(H,14,19)(H,15,16,18). The van der Waals surface area contributed by atoms with Gasteiger partial charge in [0.05, 0.1) is 18.4 Å². The Morgan fingerprint density at radius 2 is 2.43 bits per heavy atom. The number of aromatic nitrogens is 4. The normalized spacial score (nSPS) is 10.7. The third kappa shape index (κ3) is 3.54. The van der Waals surface area contributed by atoms with E-state index in [4.69, 9.17) is 4.42 Å². The maximum absolute atomic E-state index is 11.8. The zero-order valence-corrected chi connectivity index (χ0v) is 11.9. The Kier molecular flexibility index (Phi) is 4.06. The van der Waals surface area contributed by atoms with E-state index in [1.807, 2.05) is 17.5 Å². The number of aromatic amines is 1. The van der Waals surface area contributed by atoms with E-state index in [1.165, 1.54) is 17.7 Å². The predicted molar refractivity (Wildman–Crippen MR) is 76.6 cm³/mol. The minimum atomic E-state index is -0.0641. The van der Waals surface area contributed by atoms with E-state index in [0.717, 1.165) is 22.3 Å². The highest BCUT2D eigenvalue weighted by atomic mass is 32.1. The van der Waals surface area contributed by atoms with Gasteiger partial charge >= 0.3 is 0 Å². The molecule has 3 heterocycles. The van der Waals surface area contributed by atoms with Crippen LogP contribution in [0.25, 0.3) is 10.8 Å². The van der Waals surface area contributed by atoms with E-state index in [-0.39, 0.29) is 12.3 Å².